The van der Waals surface area contributed by atoms with Crippen molar-refractivity contribution in [2.75, 3.05) is 17.1 Å². The van der Waals surface area contributed by atoms with Gasteiger partial charge >= 0.3 is 0 Å². The highest BCUT2D eigenvalue weighted by atomic mass is 16.7. The van der Waals surface area contributed by atoms with Gasteiger partial charge in [0.15, 0.2) is 6.10 Å². The van der Waals surface area contributed by atoms with E-state index < -0.39 is 34.8 Å². The van der Waals surface area contributed by atoms with E-state index in [-0.39, 0.29) is 11.4 Å². The number of methoxy groups -OCH3 is 1. The first-order valence-electron chi connectivity index (χ1n) is 10.3. The summed E-state index contributed by atoms with van der Waals surface area (Å²) in [4.78, 5) is 44.4. The van der Waals surface area contributed by atoms with Crippen LogP contribution in [0.1, 0.15) is 11.6 Å². The van der Waals surface area contributed by atoms with E-state index >= 15 is 0 Å². The minimum atomic E-state index is -1.02. The van der Waals surface area contributed by atoms with Crippen molar-refractivity contribution in [1.82, 2.24) is 0 Å². The number of benzene rings is 3. The van der Waals surface area contributed by atoms with Gasteiger partial charge in [0.2, 0.25) is 5.91 Å². The van der Waals surface area contributed by atoms with E-state index in [2.05, 4.69) is 0 Å². The van der Waals surface area contributed by atoms with Gasteiger partial charge in [0.05, 0.1) is 29.4 Å². The van der Waals surface area contributed by atoms with Crippen molar-refractivity contribution in [2.24, 2.45) is 5.92 Å². The van der Waals surface area contributed by atoms with E-state index in [4.69, 9.17) is 9.57 Å². The van der Waals surface area contributed by atoms with Crippen molar-refractivity contribution in [3.05, 3.63) is 94.5 Å². The average molecular weight is 445 g/mol. The molecule has 166 valence electrons. The molecule has 2 amide bonds. The van der Waals surface area contributed by atoms with Crippen LogP contribution in [0.3, 0.4) is 0 Å². The van der Waals surface area contributed by atoms with E-state index in [0.29, 0.717) is 11.4 Å². The lowest BCUT2D eigenvalue weighted by atomic mass is 9.90. The number of non-ortho nitro benzene ring substituents is 1. The molecule has 3 aromatic rings. The molecule has 2 aliphatic rings. The Hall–Kier alpha value is -4.24. The summed E-state index contributed by atoms with van der Waals surface area (Å²) in [6, 6.07) is 21.3. The quantitative estimate of drug-likeness (QED) is 0.336. The third kappa shape index (κ3) is 3.39. The van der Waals surface area contributed by atoms with Crippen LogP contribution in [0.25, 0.3) is 0 Å². The number of ether oxygens (including phenoxy) is 1. The number of anilines is 2. The van der Waals surface area contributed by atoms with E-state index in [9.17, 15) is 19.7 Å². The van der Waals surface area contributed by atoms with Crippen molar-refractivity contribution in [3.63, 3.8) is 0 Å². The summed E-state index contributed by atoms with van der Waals surface area (Å²) in [5, 5.41) is 12.6. The first kappa shape index (κ1) is 20.7. The largest absolute Gasteiger partial charge is 0.497 e. The monoisotopic (exact) mass is 445 g/mol. The fourth-order valence-electron chi connectivity index (χ4n) is 4.36. The highest BCUT2D eigenvalue weighted by molar-refractivity contribution is 6.24. The Bertz CT molecular complexity index is 1230. The van der Waals surface area contributed by atoms with Gasteiger partial charge in [0.25, 0.3) is 11.6 Å². The lowest BCUT2D eigenvalue weighted by Crippen LogP contribution is -2.37. The zero-order chi connectivity index (χ0) is 23.1. The van der Waals surface area contributed by atoms with Gasteiger partial charge in [0, 0.05) is 12.1 Å². The number of amides is 2. The fraction of sp³-hybridized carbons (Fsp3) is 0.167. The summed E-state index contributed by atoms with van der Waals surface area (Å²) < 4.78 is 5.36. The highest BCUT2D eigenvalue weighted by Crippen LogP contribution is 2.48. The minimum Gasteiger partial charge on any atom is -0.497 e. The van der Waals surface area contributed by atoms with E-state index in [1.165, 1.54) is 24.3 Å². The smallest absolute Gasteiger partial charge is 0.269 e. The van der Waals surface area contributed by atoms with Crippen LogP contribution < -0.4 is 14.7 Å². The highest BCUT2D eigenvalue weighted by Gasteiger charge is 2.60. The first-order valence-corrected chi connectivity index (χ1v) is 10.3. The molecule has 0 unspecified atom stereocenters. The normalized spacial score (nSPS) is 21.9. The number of hydrogen-bond acceptors (Lipinski definition) is 7. The van der Waals surface area contributed by atoms with Crippen LogP contribution in [0, 0.1) is 16.0 Å². The molecule has 2 heterocycles. The van der Waals surface area contributed by atoms with Gasteiger partial charge in [-0.15, -0.1) is 0 Å². The number of para-hydroxylation sites is 1. The van der Waals surface area contributed by atoms with Crippen molar-refractivity contribution < 1.29 is 24.1 Å². The fourth-order valence-corrected chi connectivity index (χ4v) is 4.36. The molecule has 33 heavy (non-hydrogen) atoms. The Balaban J connectivity index is 1.56. The molecule has 0 spiro atoms. The molecule has 0 radical (unpaired) electrons. The molecule has 3 atom stereocenters. The molecule has 0 aromatic heterocycles. The molecule has 0 bridgehead atoms. The summed E-state index contributed by atoms with van der Waals surface area (Å²) >= 11 is 0. The van der Waals surface area contributed by atoms with Crippen LogP contribution >= 0.6 is 0 Å². The lowest BCUT2D eigenvalue weighted by molar-refractivity contribution is -0.384. The molecule has 0 aliphatic carbocycles. The van der Waals surface area contributed by atoms with Crippen LogP contribution in [-0.4, -0.2) is 30.0 Å². The Kier molecular flexibility index (Phi) is 5.02. The molecule has 3 aromatic carbocycles. The summed E-state index contributed by atoms with van der Waals surface area (Å²) in [7, 11) is 1.56. The molecule has 2 saturated heterocycles. The number of nitrogens with zero attached hydrogens (tertiary/aromatic N) is 3. The maximum Gasteiger partial charge on any atom is 0.269 e. The number of carbonyl (C=O) groups excluding carboxylic acids is 2. The zero-order valence-electron chi connectivity index (χ0n) is 17.5. The molecule has 0 N–H and O–H groups in total. The topological polar surface area (TPSA) is 102 Å². The van der Waals surface area contributed by atoms with Gasteiger partial charge in [-0.1, -0.05) is 30.3 Å². The minimum absolute atomic E-state index is 0.126. The van der Waals surface area contributed by atoms with Crippen molar-refractivity contribution >= 4 is 28.9 Å². The Morgan fingerprint density at radius 2 is 1.64 bits per heavy atom. The maximum atomic E-state index is 13.6. The van der Waals surface area contributed by atoms with Crippen LogP contribution in [-0.2, 0) is 14.4 Å². The van der Waals surface area contributed by atoms with Crippen molar-refractivity contribution in [3.8, 4) is 5.75 Å². The molecule has 9 heteroatoms. The van der Waals surface area contributed by atoms with Gasteiger partial charge in [-0.3, -0.25) is 24.5 Å². The average Bonchev–Trinajstić information content (AvgIpc) is 3.35. The van der Waals surface area contributed by atoms with Gasteiger partial charge < -0.3 is 4.74 Å². The Morgan fingerprint density at radius 3 is 2.30 bits per heavy atom. The summed E-state index contributed by atoms with van der Waals surface area (Å²) in [6.45, 7) is 0. The third-order valence-electron chi connectivity index (χ3n) is 5.88. The van der Waals surface area contributed by atoms with Crippen LogP contribution in [0.4, 0.5) is 17.1 Å². The van der Waals surface area contributed by atoms with Crippen LogP contribution in [0.15, 0.2) is 78.9 Å². The molecular weight excluding hydrogens is 426 g/mol. The molecule has 2 aliphatic heterocycles. The number of nitro groups is 1. The zero-order valence-corrected chi connectivity index (χ0v) is 17.5. The number of carbonyl (C=O) groups is 2. The number of hydroxylamine groups is 1. The predicted octanol–water partition coefficient (Wildman–Crippen LogP) is 3.65. The lowest BCUT2D eigenvalue weighted by Gasteiger charge is -2.29. The van der Waals surface area contributed by atoms with Crippen molar-refractivity contribution in [1.29, 1.82) is 0 Å². The summed E-state index contributed by atoms with van der Waals surface area (Å²) in [5.41, 5.74) is 1.61. The van der Waals surface area contributed by atoms with Gasteiger partial charge in [0.1, 0.15) is 11.7 Å². The standard InChI is InChI=1S/C24H19N3O6/c1-32-19-9-5-6-15(14-19)21-20-22(33-26(21)17-7-3-2-4-8-17)24(29)25(23(20)28)16-10-12-18(13-11-16)27(30)31/h2-14,20-22H,1H3/t20-,21-,22-/m0/s1. The number of hydrogen-bond donors (Lipinski definition) is 0. The second kappa shape index (κ2) is 8.03. The molecular formula is C24H19N3O6. The molecule has 5 rings (SSSR count). The van der Waals surface area contributed by atoms with Gasteiger partial charge in [-0.2, -0.15) is 0 Å². The van der Waals surface area contributed by atoms with E-state index in [1.807, 2.05) is 48.5 Å². The maximum absolute atomic E-state index is 13.6. The van der Waals surface area contributed by atoms with Crippen LogP contribution in [0.5, 0.6) is 5.75 Å². The summed E-state index contributed by atoms with van der Waals surface area (Å²) in [6.07, 6.45) is -1.02. The van der Waals surface area contributed by atoms with Gasteiger partial charge in [-0.05, 0) is 42.0 Å². The molecule has 9 nitrogen and oxygen atoms in total. The Labute approximate surface area is 188 Å². The first-order chi connectivity index (χ1) is 16.0. The van der Waals surface area contributed by atoms with Gasteiger partial charge in [-0.25, -0.2) is 9.96 Å². The summed E-state index contributed by atoms with van der Waals surface area (Å²) in [5.74, 6) is -1.12. The number of nitro benzene ring substituents is 1. The van der Waals surface area contributed by atoms with Crippen LogP contribution in [0.2, 0.25) is 0 Å². The second-order valence-corrected chi connectivity index (χ2v) is 7.72. The predicted molar refractivity (Wildman–Crippen MR) is 119 cm³/mol. The number of rotatable bonds is 5. The molecule has 0 saturated carbocycles. The SMILES string of the molecule is COc1cccc([C@H]2[C@@H]3C(=O)N(c4ccc([N+](=O)[O-])cc4)C(=O)[C@H]3ON2c2ccccc2)c1. The van der Waals surface area contributed by atoms with E-state index in [0.717, 1.165) is 10.5 Å². The van der Waals surface area contributed by atoms with E-state index in [1.54, 1.807) is 18.2 Å². The molecule has 2 fully saturated rings. The third-order valence-corrected chi connectivity index (χ3v) is 5.88. The number of fused-ring (bicyclic) bond motifs is 1. The Morgan fingerprint density at radius 1 is 0.909 bits per heavy atom. The number of imide groups is 1. The second-order valence-electron chi connectivity index (χ2n) is 7.72. The van der Waals surface area contributed by atoms with Crippen molar-refractivity contribution in [2.45, 2.75) is 12.1 Å².